The van der Waals surface area contributed by atoms with Crippen molar-refractivity contribution in [2.24, 2.45) is 9.81 Å². The molecule has 1 aromatic heterocycles. The van der Waals surface area contributed by atoms with Gasteiger partial charge in [-0.2, -0.15) is 4.40 Å². The molecule has 8 heteroatoms. The van der Waals surface area contributed by atoms with Gasteiger partial charge in [0.2, 0.25) is 5.88 Å². The predicted octanol–water partition coefficient (Wildman–Crippen LogP) is 3.91. The number of pyridine rings is 1. The molecule has 0 bridgehead atoms. The van der Waals surface area contributed by atoms with Crippen LogP contribution in [-0.2, 0) is 22.1 Å². The summed E-state index contributed by atoms with van der Waals surface area (Å²) in [5.41, 5.74) is 1.85. The number of aromatic nitrogens is 1. The number of nitrogens with zero attached hydrogens (tertiary/aromatic N) is 3. The first-order valence-electron chi connectivity index (χ1n) is 10.4. The Balaban J connectivity index is 1.91. The maximum atomic E-state index is 12.9. The van der Waals surface area contributed by atoms with E-state index >= 15 is 0 Å². The van der Waals surface area contributed by atoms with Crippen LogP contribution in [0.5, 0.6) is 5.88 Å². The molecule has 2 heterocycles. The number of rotatable bonds is 2. The number of hydrogen-bond donors (Lipinski definition) is 0. The van der Waals surface area contributed by atoms with E-state index in [0.717, 1.165) is 36.2 Å². The highest BCUT2D eigenvalue weighted by Gasteiger charge is 2.48. The highest BCUT2D eigenvalue weighted by atomic mass is 32.2. The van der Waals surface area contributed by atoms with Crippen LogP contribution in [0, 0.1) is 5.41 Å². The summed E-state index contributed by atoms with van der Waals surface area (Å²) in [5.74, 6) is 0.520. The van der Waals surface area contributed by atoms with E-state index in [1.165, 1.54) is 0 Å². The lowest BCUT2D eigenvalue weighted by Crippen LogP contribution is -2.47. The van der Waals surface area contributed by atoms with E-state index in [1.54, 1.807) is 12.0 Å². The topological polar surface area (TPSA) is 81.1 Å². The van der Waals surface area contributed by atoms with Gasteiger partial charge in [0.15, 0.2) is 0 Å². The fourth-order valence-electron chi connectivity index (χ4n) is 3.85. The van der Waals surface area contributed by atoms with Crippen LogP contribution < -0.4 is 4.74 Å². The Hall–Kier alpha value is -1.96. The van der Waals surface area contributed by atoms with Crippen LogP contribution in [-0.4, -0.2) is 56.4 Å². The zero-order valence-corrected chi connectivity index (χ0v) is 19.9. The first-order chi connectivity index (χ1) is 13.8. The van der Waals surface area contributed by atoms with Crippen LogP contribution in [0.1, 0.15) is 65.6 Å². The monoisotopic (exact) mass is 435 g/mol. The molecule has 1 aliphatic carbocycles. The molecule has 1 atom stereocenters. The van der Waals surface area contributed by atoms with Crippen molar-refractivity contribution < 1.29 is 18.5 Å². The maximum absolute atomic E-state index is 12.9. The summed E-state index contributed by atoms with van der Waals surface area (Å²) in [4.78, 5) is 18.9. The van der Waals surface area contributed by atoms with E-state index in [2.05, 4.69) is 4.98 Å². The second-order valence-corrected chi connectivity index (χ2v) is 12.0. The average Bonchev–Trinajstić information content (AvgIpc) is 2.92. The molecule has 1 aliphatic heterocycles. The quantitative estimate of drug-likeness (QED) is 0.703. The largest absolute Gasteiger partial charge is 0.481 e. The lowest BCUT2D eigenvalue weighted by atomic mass is 9.75. The van der Waals surface area contributed by atoms with Crippen molar-refractivity contribution in [3.63, 3.8) is 0 Å². The standard InChI is InChI=1S/C22H33N3O4S/c1-20(2,3)29-19(26)25-12-10-22(11-13-25)14-15-8-9-16(28-7)23-17(15)18(22)24-30(27)21(4,5)6/h8-9H,10-14H2,1-7H3/b24-18+/t30-/m1/s1. The van der Waals surface area contributed by atoms with Gasteiger partial charge in [0.05, 0.1) is 23.3 Å². The molecule has 1 saturated heterocycles. The molecular formula is C22H33N3O4S. The van der Waals surface area contributed by atoms with Gasteiger partial charge < -0.3 is 14.4 Å². The van der Waals surface area contributed by atoms with Gasteiger partial charge >= 0.3 is 6.09 Å². The number of ether oxygens (including phenoxy) is 2. The molecule has 1 aromatic rings. The van der Waals surface area contributed by atoms with Gasteiger partial charge in [-0.05, 0) is 66.4 Å². The number of likely N-dealkylation sites (tertiary alicyclic amines) is 1. The highest BCUT2D eigenvalue weighted by molar-refractivity contribution is 7.85. The van der Waals surface area contributed by atoms with Gasteiger partial charge in [0.25, 0.3) is 0 Å². The molecule has 30 heavy (non-hydrogen) atoms. The Morgan fingerprint density at radius 2 is 1.80 bits per heavy atom. The fraction of sp³-hybridized carbons (Fsp3) is 0.682. The van der Waals surface area contributed by atoms with Crippen molar-refractivity contribution in [1.82, 2.24) is 9.88 Å². The van der Waals surface area contributed by atoms with E-state index in [0.29, 0.717) is 19.0 Å². The van der Waals surface area contributed by atoms with Crippen molar-refractivity contribution in [3.05, 3.63) is 23.4 Å². The predicted molar refractivity (Wildman–Crippen MR) is 118 cm³/mol. The zero-order chi connectivity index (χ0) is 22.3. The van der Waals surface area contributed by atoms with Crippen LogP contribution in [0.15, 0.2) is 16.5 Å². The molecule has 7 nitrogen and oxygen atoms in total. The van der Waals surface area contributed by atoms with Gasteiger partial charge in [-0.3, -0.25) is 0 Å². The number of carbonyl (C=O) groups excluding carboxylic acids is 1. The van der Waals surface area contributed by atoms with Crippen LogP contribution in [0.3, 0.4) is 0 Å². The number of amides is 1. The molecule has 0 radical (unpaired) electrons. The summed E-state index contributed by atoms with van der Waals surface area (Å²) in [6, 6.07) is 3.87. The third-order valence-electron chi connectivity index (χ3n) is 5.49. The van der Waals surface area contributed by atoms with Gasteiger partial charge in [0.1, 0.15) is 16.6 Å². The van der Waals surface area contributed by atoms with Crippen LogP contribution in [0.4, 0.5) is 4.79 Å². The van der Waals surface area contributed by atoms with Gasteiger partial charge in [0, 0.05) is 24.6 Å². The molecule has 1 amide bonds. The van der Waals surface area contributed by atoms with E-state index in [9.17, 15) is 9.00 Å². The number of hydrogen-bond acceptors (Lipinski definition) is 5. The molecule has 3 rings (SSSR count). The number of methoxy groups -OCH3 is 1. The van der Waals surface area contributed by atoms with Crippen LogP contribution in [0.25, 0.3) is 0 Å². The minimum absolute atomic E-state index is 0.277. The Bertz CT molecular complexity index is 875. The zero-order valence-electron chi connectivity index (χ0n) is 19.1. The lowest BCUT2D eigenvalue weighted by Gasteiger charge is -2.39. The molecule has 166 valence electrons. The number of carbonyl (C=O) groups is 1. The van der Waals surface area contributed by atoms with Crippen molar-refractivity contribution >= 4 is 22.8 Å². The van der Waals surface area contributed by atoms with Crippen LogP contribution in [0.2, 0.25) is 0 Å². The summed E-state index contributed by atoms with van der Waals surface area (Å²) in [7, 11) is 0.186. The van der Waals surface area contributed by atoms with Gasteiger partial charge in [-0.15, -0.1) is 0 Å². The highest BCUT2D eigenvalue weighted by Crippen LogP contribution is 2.45. The Labute approximate surface area is 181 Å². The average molecular weight is 436 g/mol. The molecule has 0 N–H and O–H groups in total. The van der Waals surface area contributed by atoms with Crippen molar-refractivity contribution in [1.29, 1.82) is 0 Å². The molecule has 0 saturated carbocycles. The third-order valence-corrected chi connectivity index (χ3v) is 6.88. The third kappa shape index (κ3) is 4.68. The first kappa shape index (κ1) is 22.7. The second-order valence-electron chi connectivity index (χ2n) is 10.1. The Kier molecular flexibility index (Phi) is 6.02. The van der Waals surface area contributed by atoms with E-state index in [4.69, 9.17) is 13.9 Å². The van der Waals surface area contributed by atoms with E-state index in [1.807, 2.05) is 53.7 Å². The molecule has 0 unspecified atom stereocenters. The smallest absolute Gasteiger partial charge is 0.410 e. The van der Waals surface area contributed by atoms with Crippen molar-refractivity contribution in [3.8, 4) is 5.88 Å². The minimum atomic E-state index is -1.40. The summed E-state index contributed by atoms with van der Waals surface area (Å²) in [6.45, 7) is 12.5. The SMILES string of the molecule is COc1ccc2c(n1)/C(=N\[S@](=O)C(C)(C)C)C1(CCN(C(=O)OC(C)(C)C)CC1)C2. The summed E-state index contributed by atoms with van der Waals surface area (Å²) in [6.07, 6.45) is 1.95. The second kappa shape index (κ2) is 7.94. The molecule has 2 aliphatic rings. The minimum Gasteiger partial charge on any atom is -0.481 e. The molecule has 1 fully saturated rings. The summed E-state index contributed by atoms with van der Waals surface area (Å²) in [5, 5.41) is 0. The van der Waals surface area contributed by atoms with Gasteiger partial charge in [-0.25, -0.2) is 14.0 Å². The van der Waals surface area contributed by atoms with Crippen LogP contribution >= 0.6 is 0 Å². The fourth-order valence-corrected chi connectivity index (χ4v) is 4.57. The van der Waals surface area contributed by atoms with Crippen molar-refractivity contribution in [2.45, 2.75) is 71.2 Å². The Morgan fingerprint density at radius 1 is 1.17 bits per heavy atom. The first-order valence-corrected chi connectivity index (χ1v) is 11.5. The lowest BCUT2D eigenvalue weighted by molar-refractivity contribution is 0.0159. The van der Waals surface area contributed by atoms with E-state index in [-0.39, 0.29) is 11.5 Å². The molecule has 0 aromatic carbocycles. The van der Waals surface area contributed by atoms with Crippen molar-refractivity contribution in [2.75, 3.05) is 20.2 Å². The molecule has 1 spiro atoms. The maximum Gasteiger partial charge on any atom is 0.410 e. The number of fused-ring (bicyclic) bond motifs is 1. The summed E-state index contributed by atoms with van der Waals surface area (Å²) < 4.78 is 28.0. The normalized spacial score (nSPS) is 20.9. The van der Waals surface area contributed by atoms with Gasteiger partial charge in [-0.1, -0.05) is 6.07 Å². The summed E-state index contributed by atoms with van der Waals surface area (Å²) >= 11 is 0. The number of piperidine rings is 1. The molecular weight excluding hydrogens is 402 g/mol. The Morgan fingerprint density at radius 3 is 2.33 bits per heavy atom. The van der Waals surface area contributed by atoms with E-state index < -0.39 is 21.3 Å².